The van der Waals surface area contributed by atoms with Crippen molar-refractivity contribution in [2.24, 2.45) is 0 Å². The van der Waals surface area contributed by atoms with Crippen molar-refractivity contribution in [1.82, 2.24) is 4.98 Å². The number of nitro groups is 1. The van der Waals surface area contributed by atoms with Crippen LogP contribution in [0.4, 0.5) is 11.4 Å². The van der Waals surface area contributed by atoms with Gasteiger partial charge in [-0.15, -0.1) is 0 Å². The van der Waals surface area contributed by atoms with Crippen molar-refractivity contribution in [3.05, 3.63) is 69.9 Å². The van der Waals surface area contributed by atoms with Crippen LogP contribution in [0.25, 0.3) is 10.9 Å². The lowest BCUT2D eigenvalue weighted by Crippen LogP contribution is -2.22. The van der Waals surface area contributed by atoms with Gasteiger partial charge in [-0.3, -0.25) is 19.7 Å². The zero-order valence-electron chi connectivity index (χ0n) is 15.2. The van der Waals surface area contributed by atoms with Crippen LogP contribution in [0.3, 0.4) is 0 Å². The highest BCUT2D eigenvalue weighted by atomic mass is 16.6. The van der Waals surface area contributed by atoms with Gasteiger partial charge in [0.05, 0.1) is 4.92 Å². The molecule has 8 nitrogen and oxygen atoms in total. The number of para-hydroxylation sites is 2. The van der Waals surface area contributed by atoms with Crippen LogP contribution in [0, 0.1) is 17.0 Å². The Morgan fingerprint density at radius 2 is 1.96 bits per heavy atom. The van der Waals surface area contributed by atoms with Crippen molar-refractivity contribution in [2.45, 2.75) is 19.8 Å². The van der Waals surface area contributed by atoms with Gasteiger partial charge in [-0.2, -0.15) is 0 Å². The Morgan fingerprint density at radius 1 is 1.18 bits per heavy atom. The second kappa shape index (κ2) is 8.34. The summed E-state index contributed by atoms with van der Waals surface area (Å²) in [5.74, 6) is -1.14. The van der Waals surface area contributed by atoms with Crippen molar-refractivity contribution in [3.63, 3.8) is 0 Å². The maximum Gasteiger partial charge on any atom is 0.306 e. The summed E-state index contributed by atoms with van der Waals surface area (Å²) in [5, 5.41) is 14.6. The number of anilines is 1. The molecule has 0 unspecified atom stereocenters. The van der Waals surface area contributed by atoms with Gasteiger partial charge in [0, 0.05) is 29.6 Å². The van der Waals surface area contributed by atoms with E-state index in [-0.39, 0.29) is 17.8 Å². The van der Waals surface area contributed by atoms with E-state index >= 15 is 0 Å². The van der Waals surface area contributed by atoms with Gasteiger partial charge < -0.3 is 15.0 Å². The molecular weight excluding hydrogens is 362 g/mol. The van der Waals surface area contributed by atoms with Gasteiger partial charge in [0.1, 0.15) is 5.69 Å². The Morgan fingerprint density at radius 3 is 2.75 bits per heavy atom. The molecule has 1 heterocycles. The number of fused-ring (bicyclic) bond motifs is 1. The molecule has 8 heteroatoms. The van der Waals surface area contributed by atoms with Crippen LogP contribution in [-0.2, 0) is 20.7 Å². The molecule has 3 aromatic rings. The quantitative estimate of drug-likeness (QED) is 0.369. The fourth-order valence-corrected chi connectivity index (χ4v) is 2.94. The van der Waals surface area contributed by atoms with Crippen molar-refractivity contribution in [3.8, 4) is 0 Å². The number of benzene rings is 2. The first-order chi connectivity index (χ1) is 13.5. The van der Waals surface area contributed by atoms with Crippen LogP contribution < -0.4 is 5.32 Å². The number of aromatic nitrogens is 1. The lowest BCUT2D eigenvalue weighted by atomic mass is 10.1. The fraction of sp³-hybridized carbons (Fsp3) is 0.200. The van der Waals surface area contributed by atoms with Crippen molar-refractivity contribution < 1.29 is 19.2 Å². The summed E-state index contributed by atoms with van der Waals surface area (Å²) in [6.07, 6.45) is 2.45. The van der Waals surface area contributed by atoms with E-state index in [2.05, 4.69) is 10.3 Å². The van der Waals surface area contributed by atoms with Gasteiger partial charge in [-0.25, -0.2) is 0 Å². The minimum absolute atomic E-state index is 0.104. The molecule has 0 fully saturated rings. The fourth-order valence-electron chi connectivity index (χ4n) is 2.94. The topological polar surface area (TPSA) is 114 Å². The van der Waals surface area contributed by atoms with Gasteiger partial charge in [0.25, 0.3) is 11.6 Å². The van der Waals surface area contributed by atoms with Crippen LogP contribution in [0.5, 0.6) is 0 Å². The highest BCUT2D eigenvalue weighted by Gasteiger charge is 2.18. The van der Waals surface area contributed by atoms with Gasteiger partial charge in [0.2, 0.25) is 0 Å². The number of carbonyl (C=O) groups is 2. The number of aryl methyl sites for hydroxylation is 2. The van der Waals surface area contributed by atoms with E-state index in [0.717, 1.165) is 16.5 Å². The molecule has 1 amide bonds. The molecule has 0 aliphatic rings. The van der Waals surface area contributed by atoms with E-state index in [0.29, 0.717) is 12.0 Å². The van der Waals surface area contributed by atoms with Crippen LogP contribution in [0.1, 0.15) is 17.5 Å². The molecule has 28 heavy (non-hydrogen) atoms. The SMILES string of the molecule is Cc1cccc([N+](=O)[O-])c1NC(=O)COC(=O)CCc1c[nH]c2ccccc12. The average molecular weight is 381 g/mol. The lowest BCUT2D eigenvalue weighted by molar-refractivity contribution is -0.384. The summed E-state index contributed by atoms with van der Waals surface area (Å²) in [6.45, 7) is 1.15. The Kier molecular flexibility index (Phi) is 5.69. The van der Waals surface area contributed by atoms with Gasteiger partial charge in [-0.05, 0) is 30.5 Å². The maximum absolute atomic E-state index is 12.0. The zero-order chi connectivity index (χ0) is 20.1. The molecule has 144 valence electrons. The average Bonchev–Trinajstić information content (AvgIpc) is 3.09. The number of amides is 1. The third-order valence-electron chi connectivity index (χ3n) is 4.35. The Labute approximate surface area is 160 Å². The van der Waals surface area contributed by atoms with Crippen molar-refractivity contribution >= 4 is 34.2 Å². The molecule has 3 rings (SSSR count). The van der Waals surface area contributed by atoms with E-state index in [1.807, 2.05) is 30.5 Å². The van der Waals surface area contributed by atoms with Gasteiger partial charge >= 0.3 is 5.97 Å². The number of hydrogen-bond acceptors (Lipinski definition) is 5. The largest absolute Gasteiger partial charge is 0.456 e. The molecule has 0 aliphatic heterocycles. The Bertz CT molecular complexity index is 1040. The van der Waals surface area contributed by atoms with Crippen LogP contribution >= 0.6 is 0 Å². The molecule has 0 aliphatic carbocycles. The molecule has 0 bridgehead atoms. The van der Waals surface area contributed by atoms with Crippen molar-refractivity contribution in [1.29, 1.82) is 0 Å². The molecular formula is C20H19N3O5. The normalized spacial score (nSPS) is 10.6. The predicted molar refractivity (Wildman–Crippen MR) is 104 cm³/mol. The van der Waals surface area contributed by atoms with Crippen LogP contribution in [-0.4, -0.2) is 28.4 Å². The first kappa shape index (κ1) is 19.1. The van der Waals surface area contributed by atoms with E-state index in [9.17, 15) is 19.7 Å². The highest BCUT2D eigenvalue weighted by Crippen LogP contribution is 2.27. The number of H-pyrrole nitrogens is 1. The summed E-state index contributed by atoms with van der Waals surface area (Å²) in [7, 11) is 0. The zero-order valence-corrected chi connectivity index (χ0v) is 15.2. The second-order valence-electron chi connectivity index (χ2n) is 6.29. The number of nitrogens with one attached hydrogen (secondary N) is 2. The molecule has 0 radical (unpaired) electrons. The number of hydrogen-bond donors (Lipinski definition) is 2. The van der Waals surface area contributed by atoms with E-state index < -0.39 is 23.4 Å². The van der Waals surface area contributed by atoms with E-state index in [1.165, 1.54) is 12.1 Å². The standard InChI is InChI=1S/C20H19N3O5/c1-13-5-4-8-17(23(26)27)20(13)22-18(24)12-28-19(25)10-9-14-11-21-16-7-3-2-6-15(14)16/h2-8,11,21H,9-10,12H2,1H3,(H,22,24). The van der Waals surface area contributed by atoms with Gasteiger partial charge in [0.15, 0.2) is 6.61 Å². The summed E-state index contributed by atoms with van der Waals surface area (Å²) < 4.78 is 5.00. The maximum atomic E-state index is 12.0. The molecule has 0 atom stereocenters. The molecule has 2 aromatic carbocycles. The van der Waals surface area contributed by atoms with Gasteiger partial charge in [-0.1, -0.05) is 30.3 Å². The molecule has 0 saturated heterocycles. The summed E-state index contributed by atoms with van der Waals surface area (Å²) in [4.78, 5) is 37.6. The first-order valence-electron chi connectivity index (χ1n) is 8.70. The number of aromatic amines is 1. The van der Waals surface area contributed by atoms with E-state index in [4.69, 9.17) is 4.74 Å². The van der Waals surface area contributed by atoms with Crippen LogP contribution in [0.2, 0.25) is 0 Å². The summed E-state index contributed by atoms with van der Waals surface area (Å²) >= 11 is 0. The molecule has 2 N–H and O–H groups in total. The lowest BCUT2D eigenvalue weighted by Gasteiger charge is -2.09. The Hall–Kier alpha value is -3.68. The van der Waals surface area contributed by atoms with Crippen molar-refractivity contribution in [2.75, 3.05) is 11.9 Å². The number of esters is 1. The van der Waals surface area contributed by atoms with Crippen LogP contribution in [0.15, 0.2) is 48.7 Å². The first-order valence-corrected chi connectivity index (χ1v) is 8.70. The number of nitrogens with zero attached hydrogens (tertiary/aromatic N) is 1. The highest BCUT2D eigenvalue weighted by molar-refractivity contribution is 5.95. The predicted octanol–water partition coefficient (Wildman–Crippen LogP) is 3.50. The summed E-state index contributed by atoms with van der Waals surface area (Å²) in [5.41, 5.74) is 2.43. The molecule has 0 saturated carbocycles. The second-order valence-corrected chi connectivity index (χ2v) is 6.29. The third kappa shape index (κ3) is 4.35. The Balaban J connectivity index is 1.52. The minimum atomic E-state index is -0.627. The third-order valence-corrected chi connectivity index (χ3v) is 4.35. The monoisotopic (exact) mass is 381 g/mol. The van der Waals surface area contributed by atoms with E-state index in [1.54, 1.807) is 13.0 Å². The number of ether oxygens (including phenoxy) is 1. The minimum Gasteiger partial charge on any atom is -0.456 e. The molecule has 0 spiro atoms. The summed E-state index contributed by atoms with van der Waals surface area (Å²) in [6, 6.07) is 12.3. The number of rotatable bonds is 7. The number of nitro benzene ring substituents is 1. The smallest absolute Gasteiger partial charge is 0.306 e. The molecule has 1 aromatic heterocycles. The number of carbonyl (C=O) groups excluding carboxylic acids is 2.